The first-order valence-corrected chi connectivity index (χ1v) is 7.43. The standard InChI is InChI=1S/C14H30N4/c1-4-8-16-14(15-3)17-9-6-11-18-10-5-7-13(2)12-18/h13H,4-12H2,1-3H3,(H2,15,16,17). The molecule has 18 heavy (non-hydrogen) atoms. The van der Waals surface area contributed by atoms with Crippen LogP contribution in [0.5, 0.6) is 0 Å². The van der Waals surface area contributed by atoms with E-state index in [1.165, 1.54) is 38.9 Å². The van der Waals surface area contributed by atoms with E-state index in [4.69, 9.17) is 0 Å². The SMILES string of the molecule is CCCNC(=NC)NCCCN1CCCC(C)C1. The molecule has 1 atom stereocenters. The predicted octanol–water partition coefficient (Wildman–Crippen LogP) is 1.68. The molecule has 0 amide bonds. The van der Waals surface area contributed by atoms with Crippen LogP contribution in [0.3, 0.4) is 0 Å². The molecule has 1 saturated heterocycles. The number of rotatable bonds is 6. The molecule has 0 bridgehead atoms. The fourth-order valence-electron chi connectivity index (χ4n) is 2.46. The van der Waals surface area contributed by atoms with Crippen LogP contribution in [0.25, 0.3) is 0 Å². The minimum absolute atomic E-state index is 0.880. The fourth-order valence-corrected chi connectivity index (χ4v) is 2.46. The summed E-state index contributed by atoms with van der Waals surface area (Å²) in [6.45, 7) is 10.3. The number of hydrogen-bond acceptors (Lipinski definition) is 2. The molecule has 0 aromatic heterocycles. The highest BCUT2D eigenvalue weighted by atomic mass is 15.2. The van der Waals surface area contributed by atoms with Crippen molar-refractivity contribution < 1.29 is 0 Å². The second-order valence-electron chi connectivity index (χ2n) is 5.33. The van der Waals surface area contributed by atoms with Gasteiger partial charge in [0.15, 0.2) is 5.96 Å². The van der Waals surface area contributed by atoms with Gasteiger partial charge in [-0.3, -0.25) is 4.99 Å². The van der Waals surface area contributed by atoms with Gasteiger partial charge in [0, 0.05) is 26.7 Å². The molecule has 1 aliphatic rings. The van der Waals surface area contributed by atoms with E-state index < -0.39 is 0 Å². The minimum Gasteiger partial charge on any atom is -0.356 e. The first-order chi connectivity index (χ1) is 8.76. The maximum Gasteiger partial charge on any atom is 0.190 e. The molecule has 106 valence electrons. The van der Waals surface area contributed by atoms with Gasteiger partial charge in [0.2, 0.25) is 0 Å². The molecule has 2 N–H and O–H groups in total. The first-order valence-electron chi connectivity index (χ1n) is 7.43. The monoisotopic (exact) mass is 254 g/mol. The second kappa shape index (κ2) is 9.20. The van der Waals surface area contributed by atoms with Crippen LogP contribution in [0.1, 0.15) is 39.5 Å². The number of hydrogen-bond donors (Lipinski definition) is 2. The van der Waals surface area contributed by atoms with Crippen molar-refractivity contribution in [3.63, 3.8) is 0 Å². The largest absolute Gasteiger partial charge is 0.356 e. The Morgan fingerprint density at radius 1 is 1.33 bits per heavy atom. The van der Waals surface area contributed by atoms with Gasteiger partial charge < -0.3 is 15.5 Å². The summed E-state index contributed by atoms with van der Waals surface area (Å²) in [5.74, 6) is 1.81. The van der Waals surface area contributed by atoms with Crippen molar-refractivity contribution in [2.75, 3.05) is 39.8 Å². The minimum atomic E-state index is 0.880. The second-order valence-corrected chi connectivity index (χ2v) is 5.33. The van der Waals surface area contributed by atoms with Crippen LogP contribution in [0.4, 0.5) is 0 Å². The molecule has 1 aliphatic heterocycles. The van der Waals surface area contributed by atoms with E-state index in [1.54, 1.807) is 0 Å². The van der Waals surface area contributed by atoms with Crippen LogP contribution in [0.15, 0.2) is 4.99 Å². The molecule has 4 heteroatoms. The third-order valence-electron chi connectivity index (χ3n) is 3.45. The number of piperidine rings is 1. The van der Waals surface area contributed by atoms with E-state index >= 15 is 0 Å². The van der Waals surface area contributed by atoms with Gasteiger partial charge in [0.1, 0.15) is 0 Å². The Morgan fingerprint density at radius 3 is 2.78 bits per heavy atom. The van der Waals surface area contributed by atoms with Gasteiger partial charge in [-0.05, 0) is 44.7 Å². The van der Waals surface area contributed by atoms with E-state index in [9.17, 15) is 0 Å². The Labute approximate surface area is 112 Å². The summed E-state index contributed by atoms with van der Waals surface area (Å²) >= 11 is 0. The lowest BCUT2D eigenvalue weighted by Crippen LogP contribution is -2.40. The zero-order valence-corrected chi connectivity index (χ0v) is 12.3. The lowest BCUT2D eigenvalue weighted by atomic mass is 10.0. The molecule has 0 spiro atoms. The average Bonchev–Trinajstić information content (AvgIpc) is 2.38. The van der Waals surface area contributed by atoms with E-state index in [0.29, 0.717) is 0 Å². The van der Waals surface area contributed by atoms with Gasteiger partial charge >= 0.3 is 0 Å². The van der Waals surface area contributed by atoms with E-state index in [1.807, 2.05) is 7.05 Å². The number of nitrogens with one attached hydrogen (secondary N) is 2. The van der Waals surface area contributed by atoms with Crippen molar-refractivity contribution >= 4 is 5.96 Å². The molecule has 1 fully saturated rings. The van der Waals surface area contributed by atoms with Crippen molar-refractivity contribution in [3.05, 3.63) is 0 Å². The highest BCUT2D eigenvalue weighted by Crippen LogP contribution is 2.15. The van der Waals surface area contributed by atoms with Gasteiger partial charge in [-0.15, -0.1) is 0 Å². The summed E-state index contributed by atoms with van der Waals surface area (Å²) in [4.78, 5) is 6.80. The van der Waals surface area contributed by atoms with Gasteiger partial charge in [-0.1, -0.05) is 13.8 Å². The lowest BCUT2D eigenvalue weighted by Gasteiger charge is -2.30. The Morgan fingerprint density at radius 2 is 2.11 bits per heavy atom. The fraction of sp³-hybridized carbons (Fsp3) is 0.929. The molecule has 0 aliphatic carbocycles. The third kappa shape index (κ3) is 6.24. The Kier molecular flexibility index (Phi) is 7.81. The summed E-state index contributed by atoms with van der Waals surface area (Å²) < 4.78 is 0. The topological polar surface area (TPSA) is 39.7 Å². The molecule has 0 radical (unpaired) electrons. The zero-order valence-electron chi connectivity index (χ0n) is 12.3. The van der Waals surface area contributed by atoms with Crippen LogP contribution < -0.4 is 10.6 Å². The highest BCUT2D eigenvalue weighted by Gasteiger charge is 2.15. The zero-order chi connectivity index (χ0) is 13.2. The maximum atomic E-state index is 4.20. The molecule has 0 aromatic rings. The van der Waals surface area contributed by atoms with Crippen molar-refractivity contribution in [1.82, 2.24) is 15.5 Å². The van der Waals surface area contributed by atoms with E-state index in [0.717, 1.165) is 31.4 Å². The van der Waals surface area contributed by atoms with Crippen LogP contribution in [0.2, 0.25) is 0 Å². The molecule has 0 aromatic carbocycles. The number of guanidine groups is 1. The Bertz CT molecular complexity index is 240. The summed E-state index contributed by atoms with van der Waals surface area (Å²) in [5.41, 5.74) is 0. The summed E-state index contributed by atoms with van der Waals surface area (Å²) in [6, 6.07) is 0. The summed E-state index contributed by atoms with van der Waals surface area (Å²) in [6.07, 6.45) is 5.10. The summed E-state index contributed by atoms with van der Waals surface area (Å²) in [5, 5.41) is 6.66. The molecule has 1 rings (SSSR count). The van der Waals surface area contributed by atoms with Gasteiger partial charge in [-0.2, -0.15) is 0 Å². The van der Waals surface area contributed by atoms with Crippen LogP contribution in [-0.2, 0) is 0 Å². The molecule has 4 nitrogen and oxygen atoms in total. The summed E-state index contributed by atoms with van der Waals surface area (Å²) in [7, 11) is 1.83. The van der Waals surface area contributed by atoms with Gasteiger partial charge in [-0.25, -0.2) is 0 Å². The van der Waals surface area contributed by atoms with Crippen molar-refractivity contribution in [2.45, 2.75) is 39.5 Å². The molecule has 1 heterocycles. The van der Waals surface area contributed by atoms with Crippen LogP contribution >= 0.6 is 0 Å². The predicted molar refractivity (Wildman–Crippen MR) is 79.1 cm³/mol. The quantitative estimate of drug-likeness (QED) is 0.430. The van der Waals surface area contributed by atoms with Gasteiger partial charge in [0.25, 0.3) is 0 Å². The van der Waals surface area contributed by atoms with Crippen LogP contribution in [0, 0.1) is 5.92 Å². The molecular formula is C14H30N4. The average molecular weight is 254 g/mol. The van der Waals surface area contributed by atoms with E-state index in [2.05, 4.69) is 34.4 Å². The van der Waals surface area contributed by atoms with E-state index in [-0.39, 0.29) is 0 Å². The third-order valence-corrected chi connectivity index (χ3v) is 3.45. The normalized spacial score (nSPS) is 21.9. The lowest BCUT2D eigenvalue weighted by molar-refractivity contribution is 0.182. The smallest absolute Gasteiger partial charge is 0.190 e. The molecule has 0 saturated carbocycles. The van der Waals surface area contributed by atoms with Crippen molar-refractivity contribution in [3.8, 4) is 0 Å². The maximum absolute atomic E-state index is 4.20. The molecular weight excluding hydrogens is 224 g/mol. The highest BCUT2D eigenvalue weighted by molar-refractivity contribution is 5.79. The number of nitrogens with zero attached hydrogens (tertiary/aromatic N) is 2. The number of likely N-dealkylation sites (tertiary alicyclic amines) is 1. The first kappa shape index (κ1) is 15.3. The Hall–Kier alpha value is -0.770. The molecule has 1 unspecified atom stereocenters. The number of aliphatic imine (C=N–C) groups is 1. The van der Waals surface area contributed by atoms with Crippen molar-refractivity contribution in [2.24, 2.45) is 10.9 Å². The van der Waals surface area contributed by atoms with Crippen molar-refractivity contribution in [1.29, 1.82) is 0 Å². The van der Waals surface area contributed by atoms with Gasteiger partial charge in [0.05, 0.1) is 0 Å². The van der Waals surface area contributed by atoms with Crippen LogP contribution in [-0.4, -0.2) is 50.6 Å². The Balaban J connectivity index is 2.06.